The number of nitrogens with one attached hydrogen (secondary N) is 1. The monoisotopic (exact) mass is 485 g/mol. The van der Waals surface area contributed by atoms with Crippen molar-refractivity contribution in [3.63, 3.8) is 0 Å². The Kier molecular flexibility index (Phi) is 7.44. The van der Waals surface area contributed by atoms with Crippen molar-refractivity contribution in [3.05, 3.63) is 78.4 Å². The van der Waals surface area contributed by atoms with E-state index in [1.807, 2.05) is 24.3 Å². The molecule has 0 radical (unpaired) electrons. The van der Waals surface area contributed by atoms with E-state index >= 15 is 0 Å². The summed E-state index contributed by atoms with van der Waals surface area (Å²) in [5.74, 6) is 1.39. The first-order valence-electron chi connectivity index (χ1n) is 8.23. The van der Waals surface area contributed by atoms with Crippen molar-refractivity contribution >= 4 is 50.5 Å². The molecule has 7 heteroatoms. The highest BCUT2D eigenvalue weighted by molar-refractivity contribution is 9.10. The van der Waals surface area contributed by atoms with Crippen LogP contribution in [0.15, 0.2) is 52.3 Å². The van der Waals surface area contributed by atoms with Crippen LogP contribution >= 0.6 is 50.5 Å². The summed E-state index contributed by atoms with van der Waals surface area (Å²) < 4.78 is 12.6. The van der Waals surface area contributed by atoms with Crippen LogP contribution in [0.2, 0.25) is 10.0 Å². The largest absolute Gasteiger partial charge is 0.493 e. The van der Waals surface area contributed by atoms with E-state index in [4.69, 9.17) is 32.7 Å². The third kappa shape index (κ3) is 5.39. The molecule has 0 saturated carbocycles. The lowest BCUT2D eigenvalue weighted by Gasteiger charge is -2.17. The zero-order valence-corrected chi connectivity index (χ0v) is 18.5. The first-order valence-corrected chi connectivity index (χ1v) is 10.7. The topological polar surface area (TPSA) is 30.5 Å². The Bertz CT molecular complexity index is 903. The Labute approximate surface area is 181 Å². The molecule has 0 aliphatic carbocycles. The van der Waals surface area contributed by atoms with E-state index in [0.29, 0.717) is 34.7 Å². The molecule has 0 atom stereocenters. The molecule has 0 saturated heterocycles. The molecule has 27 heavy (non-hydrogen) atoms. The molecule has 1 heterocycles. The molecule has 142 valence electrons. The zero-order chi connectivity index (χ0) is 19.2. The Morgan fingerprint density at radius 2 is 1.93 bits per heavy atom. The standard InChI is InChI=1S/C20H18BrCl2NO2S/c1-25-19-7-5-16(21)15(11-24-10-14-3-2-8-27-14)20(19)26-12-13-4-6-17(22)18(23)9-13/h2-9,24H,10-12H2,1H3. The summed E-state index contributed by atoms with van der Waals surface area (Å²) in [6.45, 7) is 1.81. The summed E-state index contributed by atoms with van der Waals surface area (Å²) in [5, 5.41) is 6.57. The predicted molar refractivity (Wildman–Crippen MR) is 116 cm³/mol. The van der Waals surface area contributed by atoms with E-state index in [0.717, 1.165) is 22.1 Å². The summed E-state index contributed by atoms with van der Waals surface area (Å²) in [6, 6.07) is 13.5. The number of hydrogen-bond donors (Lipinski definition) is 1. The molecule has 0 unspecified atom stereocenters. The van der Waals surface area contributed by atoms with Gasteiger partial charge in [0.15, 0.2) is 11.5 Å². The Morgan fingerprint density at radius 1 is 1.07 bits per heavy atom. The third-order valence-electron chi connectivity index (χ3n) is 3.94. The minimum absolute atomic E-state index is 0.363. The van der Waals surface area contributed by atoms with E-state index in [2.05, 4.69) is 38.8 Å². The second-order valence-corrected chi connectivity index (χ2v) is 8.48. The van der Waals surface area contributed by atoms with Gasteiger partial charge < -0.3 is 14.8 Å². The van der Waals surface area contributed by atoms with Crippen LogP contribution in [-0.2, 0) is 19.7 Å². The highest BCUT2D eigenvalue weighted by Gasteiger charge is 2.15. The summed E-state index contributed by atoms with van der Waals surface area (Å²) in [6.07, 6.45) is 0. The van der Waals surface area contributed by atoms with Gasteiger partial charge in [0.05, 0.1) is 17.2 Å². The van der Waals surface area contributed by atoms with E-state index in [1.54, 1.807) is 24.5 Å². The van der Waals surface area contributed by atoms with E-state index in [9.17, 15) is 0 Å². The molecule has 2 aromatic carbocycles. The van der Waals surface area contributed by atoms with Crippen molar-refractivity contribution in [2.75, 3.05) is 7.11 Å². The van der Waals surface area contributed by atoms with Gasteiger partial charge in [0.25, 0.3) is 0 Å². The first kappa shape index (κ1) is 20.5. The molecule has 1 aromatic heterocycles. The second kappa shape index (κ2) is 9.80. The number of hydrogen-bond acceptors (Lipinski definition) is 4. The minimum Gasteiger partial charge on any atom is -0.493 e. The van der Waals surface area contributed by atoms with Crippen LogP contribution < -0.4 is 14.8 Å². The number of rotatable bonds is 8. The molecule has 1 N–H and O–H groups in total. The van der Waals surface area contributed by atoms with Gasteiger partial charge in [0.1, 0.15) is 6.61 Å². The van der Waals surface area contributed by atoms with E-state index in [1.165, 1.54) is 4.88 Å². The molecule has 0 aliphatic heterocycles. The number of benzene rings is 2. The third-order valence-corrected chi connectivity index (χ3v) is 6.29. The molecule has 0 aliphatic rings. The Morgan fingerprint density at radius 3 is 2.63 bits per heavy atom. The van der Waals surface area contributed by atoms with Crippen LogP contribution in [0.1, 0.15) is 16.0 Å². The van der Waals surface area contributed by atoms with Gasteiger partial charge in [-0.15, -0.1) is 11.3 Å². The van der Waals surface area contributed by atoms with E-state index < -0.39 is 0 Å². The van der Waals surface area contributed by atoms with Gasteiger partial charge in [0.2, 0.25) is 0 Å². The van der Waals surface area contributed by atoms with Crippen molar-refractivity contribution in [2.45, 2.75) is 19.7 Å². The normalized spacial score (nSPS) is 10.8. The number of halogens is 3. The van der Waals surface area contributed by atoms with E-state index in [-0.39, 0.29) is 0 Å². The highest BCUT2D eigenvalue weighted by Crippen LogP contribution is 2.37. The fraction of sp³-hybridized carbons (Fsp3) is 0.200. The van der Waals surface area contributed by atoms with Crippen molar-refractivity contribution in [3.8, 4) is 11.5 Å². The molecule has 0 amide bonds. The molecular formula is C20H18BrCl2NO2S. The van der Waals surface area contributed by atoms with Crippen molar-refractivity contribution in [2.24, 2.45) is 0 Å². The molecule has 3 aromatic rings. The fourth-order valence-corrected chi connectivity index (χ4v) is 4.02. The summed E-state index contributed by atoms with van der Waals surface area (Å²) >= 11 is 17.4. The maximum absolute atomic E-state index is 6.11. The molecular weight excluding hydrogens is 469 g/mol. The summed E-state index contributed by atoms with van der Waals surface area (Å²) in [4.78, 5) is 1.28. The lowest BCUT2D eigenvalue weighted by molar-refractivity contribution is 0.280. The lowest BCUT2D eigenvalue weighted by atomic mass is 10.1. The smallest absolute Gasteiger partial charge is 0.167 e. The van der Waals surface area contributed by atoms with Crippen LogP contribution in [0.3, 0.4) is 0 Å². The van der Waals surface area contributed by atoms with Gasteiger partial charge in [0, 0.05) is 28.0 Å². The van der Waals surface area contributed by atoms with Crippen molar-refractivity contribution in [1.29, 1.82) is 0 Å². The highest BCUT2D eigenvalue weighted by atomic mass is 79.9. The lowest BCUT2D eigenvalue weighted by Crippen LogP contribution is -2.14. The fourth-order valence-electron chi connectivity index (χ4n) is 2.57. The van der Waals surface area contributed by atoms with Gasteiger partial charge in [-0.25, -0.2) is 0 Å². The molecule has 0 bridgehead atoms. The number of thiophene rings is 1. The first-order chi connectivity index (χ1) is 13.1. The van der Waals surface area contributed by atoms with Crippen LogP contribution in [-0.4, -0.2) is 7.11 Å². The molecule has 3 rings (SSSR count). The average Bonchev–Trinajstić information content (AvgIpc) is 3.18. The zero-order valence-electron chi connectivity index (χ0n) is 14.6. The Hall–Kier alpha value is -1.24. The second-order valence-electron chi connectivity index (χ2n) is 5.78. The number of methoxy groups -OCH3 is 1. The quantitative estimate of drug-likeness (QED) is 0.384. The van der Waals surface area contributed by atoms with Gasteiger partial charge in [-0.1, -0.05) is 51.3 Å². The Balaban J connectivity index is 1.76. The summed E-state index contributed by atoms with van der Waals surface area (Å²) in [7, 11) is 1.64. The molecule has 0 fully saturated rings. The average molecular weight is 487 g/mol. The van der Waals surface area contributed by atoms with Crippen LogP contribution in [0.5, 0.6) is 11.5 Å². The van der Waals surface area contributed by atoms with Crippen LogP contribution in [0.4, 0.5) is 0 Å². The SMILES string of the molecule is COc1ccc(Br)c(CNCc2cccs2)c1OCc1ccc(Cl)c(Cl)c1. The van der Waals surface area contributed by atoms with Gasteiger partial charge in [-0.05, 0) is 41.3 Å². The van der Waals surface area contributed by atoms with Crippen LogP contribution in [0.25, 0.3) is 0 Å². The summed E-state index contributed by atoms with van der Waals surface area (Å²) in [5.41, 5.74) is 1.94. The maximum Gasteiger partial charge on any atom is 0.167 e. The van der Waals surface area contributed by atoms with Gasteiger partial charge in [-0.2, -0.15) is 0 Å². The van der Waals surface area contributed by atoms with Crippen molar-refractivity contribution in [1.82, 2.24) is 5.32 Å². The number of ether oxygens (including phenoxy) is 2. The minimum atomic E-state index is 0.363. The molecule has 3 nitrogen and oxygen atoms in total. The molecule has 0 spiro atoms. The van der Waals surface area contributed by atoms with Gasteiger partial charge >= 0.3 is 0 Å². The van der Waals surface area contributed by atoms with Crippen molar-refractivity contribution < 1.29 is 9.47 Å². The predicted octanol–water partition coefficient (Wildman–Crippen LogP) is 6.69. The van der Waals surface area contributed by atoms with Crippen LogP contribution in [0, 0.1) is 0 Å². The maximum atomic E-state index is 6.11. The van der Waals surface area contributed by atoms with Gasteiger partial charge in [-0.3, -0.25) is 0 Å².